The zero-order chi connectivity index (χ0) is 14.1. The van der Waals surface area contributed by atoms with Crippen molar-refractivity contribution >= 4 is 11.9 Å². The summed E-state index contributed by atoms with van der Waals surface area (Å²) in [7, 11) is 0. The third-order valence-electron chi connectivity index (χ3n) is 2.22. The molecule has 6 heteroatoms. The zero-order valence-corrected chi connectivity index (χ0v) is 10.7. The maximum Gasteiger partial charge on any atom is 0.322 e. The molecular formula is C13H17NO5. The SMILES string of the molecule is CCOCCOc1ccccc1C(=O)NCC(=O)O. The van der Waals surface area contributed by atoms with Gasteiger partial charge in [-0.2, -0.15) is 0 Å². The van der Waals surface area contributed by atoms with Gasteiger partial charge in [-0.05, 0) is 19.1 Å². The fourth-order valence-electron chi connectivity index (χ4n) is 1.39. The third kappa shape index (κ3) is 5.39. The predicted octanol–water partition coefficient (Wildman–Crippen LogP) is 0.916. The maximum absolute atomic E-state index is 11.8. The van der Waals surface area contributed by atoms with Gasteiger partial charge in [-0.25, -0.2) is 0 Å². The molecule has 2 N–H and O–H groups in total. The number of carboxylic acid groups (broad SMARTS) is 1. The highest BCUT2D eigenvalue weighted by atomic mass is 16.5. The number of hydrogen-bond acceptors (Lipinski definition) is 4. The van der Waals surface area contributed by atoms with E-state index in [1.807, 2.05) is 6.92 Å². The van der Waals surface area contributed by atoms with Crippen molar-refractivity contribution in [2.45, 2.75) is 6.92 Å². The van der Waals surface area contributed by atoms with Gasteiger partial charge >= 0.3 is 5.97 Å². The first-order valence-electron chi connectivity index (χ1n) is 5.94. The molecule has 0 saturated heterocycles. The number of rotatable bonds is 8. The molecule has 0 fully saturated rings. The molecule has 0 aliphatic heterocycles. The monoisotopic (exact) mass is 267 g/mol. The Hall–Kier alpha value is -2.08. The Labute approximate surface area is 111 Å². The van der Waals surface area contributed by atoms with Gasteiger partial charge in [0.05, 0.1) is 12.2 Å². The van der Waals surface area contributed by atoms with Crippen molar-refractivity contribution in [2.24, 2.45) is 0 Å². The van der Waals surface area contributed by atoms with Crippen molar-refractivity contribution in [3.8, 4) is 5.75 Å². The summed E-state index contributed by atoms with van der Waals surface area (Å²) in [5.74, 6) is -1.16. The van der Waals surface area contributed by atoms with Gasteiger partial charge in [0, 0.05) is 6.61 Å². The van der Waals surface area contributed by atoms with Gasteiger partial charge in [-0.15, -0.1) is 0 Å². The summed E-state index contributed by atoms with van der Waals surface area (Å²) >= 11 is 0. The lowest BCUT2D eigenvalue weighted by atomic mass is 10.2. The van der Waals surface area contributed by atoms with Crippen molar-refractivity contribution in [2.75, 3.05) is 26.4 Å². The van der Waals surface area contributed by atoms with Crippen molar-refractivity contribution in [1.82, 2.24) is 5.32 Å². The van der Waals surface area contributed by atoms with Crippen LogP contribution in [0.3, 0.4) is 0 Å². The lowest BCUT2D eigenvalue weighted by Crippen LogP contribution is -2.29. The summed E-state index contributed by atoms with van der Waals surface area (Å²) < 4.78 is 10.6. The van der Waals surface area contributed by atoms with Crippen LogP contribution in [0.25, 0.3) is 0 Å². The highest BCUT2D eigenvalue weighted by Crippen LogP contribution is 2.17. The van der Waals surface area contributed by atoms with Crippen LogP contribution in [0, 0.1) is 0 Å². The number of nitrogens with one attached hydrogen (secondary N) is 1. The number of amides is 1. The molecule has 19 heavy (non-hydrogen) atoms. The van der Waals surface area contributed by atoms with E-state index in [0.717, 1.165) is 0 Å². The molecule has 0 spiro atoms. The summed E-state index contributed by atoms with van der Waals surface area (Å²) in [5.41, 5.74) is 0.306. The summed E-state index contributed by atoms with van der Waals surface area (Å²) in [4.78, 5) is 22.2. The van der Waals surface area contributed by atoms with Gasteiger partial charge in [0.15, 0.2) is 0 Å². The van der Waals surface area contributed by atoms with Crippen LogP contribution in [0.1, 0.15) is 17.3 Å². The van der Waals surface area contributed by atoms with Crippen molar-refractivity contribution < 1.29 is 24.2 Å². The largest absolute Gasteiger partial charge is 0.490 e. The van der Waals surface area contributed by atoms with E-state index >= 15 is 0 Å². The van der Waals surface area contributed by atoms with Gasteiger partial charge in [0.1, 0.15) is 18.9 Å². The van der Waals surface area contributed by atoms with Crippen LogP contribution in [0.2, 0.25) is 0 Å². The standard InChI is InChI=1S/C13H17NO5/c1-2-18-7-8-19-11-6-4-3-5-10(11)13(17)14-9-12(15)16/h3-6H,2,7-9H2,1H3,(H,14,17)(H,15,16). The van der Waals surface area contributed by atoms with Crippen LogP contribution in [-0.4, -0.2) is 43.3 Å². The Morgan fingerprint density at radius 1 is 1.26 bits per heavy atom. The fraction of sp³-hybridized carbons (Fsp3) is 0.385. The Kier molecular flexibility index (Phi) is 6.38. The van der Waals surface area contributed by atoms with E-state index in [4.69, 9.17) is 14.6 Å². The minimum absolute atomic E-state index is 0.306. The van der Waals surface area contributed by atoms with Crippen molar-refractivity contribution in [1.29, 1.82) is 0 Å². The van der Waals surface area contributed by atoms with E-state index in [-0.39, 0.29) is 0 Å². The van der Waals surface area contributed by atoms with E-state index in [1.54, 1.807) is 24.3 Å². The molecule has 1 aromatic carbocycles. The number of hydrogen-bond donors (Lipinski definition) is 2. The molecule has 6 nitrogen and oxygen atoms in total. The Morgan fingerprint density at radius 3 is 2.68 bits per heavy atom. The highest BCUT2D eigenvalue weighted by molar-refractivity contribution is 5.98. The number of carbonyl (C=O) groups excluding carboxylic acids is 1. The van der Waals surface area contributed by atoms with Crippen LogP contribution < -0.4 is 10.1 Å². The number of para-hydroxylation sites is 1. The summed E-state index contributed by atoms with van der Waals surface area (Å²) in [6, 6.07) is 6.66. The van der Waals surface area contributed by atoms with Crippen LogP contribution in [-0.2, 0) is 9.53 Å². The molecule has 0 atom stereocenters. The highest BCUT2D eigenvalue weighted by Gasteiger charge is 2.12. The van der Waals surface area contributed by atoms with E-state index in [2.05, 4.69) is 5.32 Å². The molecule has 0 aliphatic rings. The minimum atomic E-state index is -1.09. The van der Waals surface area contributed by atoms with Gasteiger partial charge in [-0.1, -0.05) is 12.1 Å². The molecule has 0 aliphatic carbocycles. The van der Waals surface area contributed by atoms with Crippen LogP contribution in [0.4, 0.5) is 0 Å². The molecule has 0 saturated carbocycles. The predicted molar refractivity (Wildman–Crippen MR) is 68.4 cm³/mol. The molecule has 0 bridgehead atoms. The summed E-state index contributed by atoms with van der Waals surface area (Å²) in [5, 5.41) is 10.8. The number of carbonyl (C=O) groups is 2. The van der Waals surface area contributed by atoms with Gasteiger partial charge < -0.3 is 19.9 Å². The summed E-state index contributed by atoms with van der Waals surface area (Å²) in [6.07, 6.45) is 0. The van der Waals surface area contributed by atoms with Gasteiger partial charge in [-0.3, -0.25) is 9.59 Å². The normalized spacial score (nSPS) is 9.95. The van der Waals surface area contributed by atoms with Crippen LogP contribution in [0.15, 0.2) is 24.3 Å². The maximum atomic E-state index is 11.8. The first kappa shape index (κ1) is 15.0. The van der Waals surface area contributed by atoms with E-state index in [0.29, 0.717) is 31.1 Å². The summed E-state index contributed by atoms with van der Waals surface area (Å²) in [6.45, 7) is 2.82. The number of benzene rings is 1. The smallest absolute Gasteiger partial charge is 0.322 e. The second kappa shape index (κ2) is 8.10. The second-order valence-electron chi connectivity index (χ2n) is 3.62. The van der Waals surface area contributed by atoms with Crippen molar-refractivity contribution in [3.05, 3.63) is 29.8 Å². The molecular weight excluding hydrogens is 250 g/mol. The number of aliphatic carboxylic acids is 1. The van der Waals surface area contributed by atoms with Crippen molar-refractivity contribution in [3.63, 3.8) is 0 Å². The molecule has 0 heterocycles. The van der Waals surface area contributed by atoms with Crippen LogP contribution in [0.5, 0.6) is 5.75 Å². The quantitative estimate of drug-likeness (QED) is 0.684. The lowest BCUT2D eigenvalue weighted by molar-refractivity contribution is -0.135. The first-order chi connectivity index (χ1) is 9.15. The van der Waals surface area contributed by atoms with Gasteiger partial charge in [0.2, 0.25) is 0 Å². The topological polar surface area (TPSA) is 84.9 Å². The van der Waals surface area contributed by atoms with E-state index in [9.17, 15) is 9.59 Å². The Morgan fingerprint density at radius 2 is 2.00 bits per heavy atom. The molecule has 0 aromatic heterocycles. The zero-order valence-electron chi connectivity index (χ0n) is 10.7. The number of ether oxygens (including phenoxy) is 2. The van der Waals surface area contributed by atoms with Crippen LogP contribution >= 0.6 is 0 Å². The Bertz CT molecular complexity index is 433. The van der Waals surface area contributed by atoms with E-state index in [1.165, 1.54) is 0 Å². The second-order valence-corrected chi connectivity index (χ2v) is 3.62. The molecule has 0 unspecified atom stereocenters. The molecule has 1 rings (SSSR count). The average Bonchev–Trinajstić information content (AvgIpc) is 2.41. The average molecular weight is 267 g/mol. The molecule has 104 valence electrons. The minimum Gasteiger partial charge on any atom is -0.490 e. The Balaban J connectivity index is 2.61. The third-order valence-corrected chi connectivity index (χ3v) is 2.22. The lowest BCUT2D eigenvalue weighted by Gasteiger charge is -2.10. The van der Waals surface area contributed by atoms with E-state index < -0.39 is 18.4 Å². The molecule has 1 amide bonds. The molecule has 0 radical (unpaired) electrons. The molecule has 1 aromatic rings. The fourth-order valence-corrected chi connectivity index (χ4v) is 1.39. The van der Waals surface area contributed by atoms with Gasteiger partial charge in [0.25, 0.3) is 5.91 Å². The number of carboxylic acids is 1. The first-order valence-corrected chi connectivity index (χ1v) is 5.94.